The van der Waals surface area contributed by atoms with E-state index in [1.165, 1.54) is 0 Å². The number of nitrogens with one attached hydrogen (secondary N) is 1. The van der Waals surface area contributed by atoms with Crippen LogP contribution in [0.5, 0.6) is 5.75 Å². The Morgan fingerprint density at radius 3 is 2.43 bits per heavy atom. The van der Waals surface area contributed by atoms with Crippen molar-refractivity contribution in [1.29, 1.82) is 0 Å². The first-order valence-electron chi connectivity index (χ1n) is 7.10. The van der Waals surface area contributed by atoms with Crippen molar-refractivity contribution in [3.63, 3.8) is 0 Å². The van der Waals surface area contributed by atoms with E-state index < -0.39 is 17.9 Å². The van der Waals surface area contributed by atoms with Crippen LogP contribution in [-0.2, 0) is 4.79 Å². The second kappa shape index (κ2) is 7.67. The summed E-state index contributed by atoms with van der Waals surface area (Å²) in [4.78, 5) is 23.3. The summed E-state index contributed by atoms with van der Waals surface area (Å²) in [5.41, 5.74) is 0.392. The van der Waals surface area contributed by atoms with Crippen LogP contribution in [0.3, 0.4) is 0 Å². The van der Waals surface area contributed by atoms with Gasteiger partial charge in [-0.25, -0.2) is 4.79 Å². The van der Waals surface area contributed by atoms with Gasteiger partial charge >= 0.3 is 5.97 Å². The number of benzene rings is 1. The van der Waals surface area contributed by atoms with Gasteiger partial charge in [0.25, 0.3) is 5.91 Å². The minimum Gasteiger partial charge on any atom is -0.491 e. The van der Waals surface area contributed by atoms with E-state index in [-0.39, 0.29) is 12.0 Å². The fraction of sp³-hybridized carbons (Fsp3) is 0.500. The van der Waals surface area contributed by atoms with Gasteiger partial charge in [-0.1, -0.05) is 19.9 Å². The molecule has 1 aromatic carbocycles. The lowest BCUT2D eigenvalue weighted by atomic mass is 10.0. The Bertz CT molecular complexity index is 497. The van der Waals surface area contributed by atoms with Gasteiger partial charge in [0, 0.05) is 5.56 Å². The van der Waals surface area contributed by atoms with Gasteiger partial charge < -0.3 is 15.2 Å². The normalized spacial score (nSPS) is 12.3. The molecule has 0 aliphatic heterocycles. The molecule has 0 aliphatic carbocycles. The van der Waals surface area contributed by atoms with Gasteiger partial charge in [-0.15, -0.1) is 0 Å². The quantitative estimate of drug-likeness (QED) is 0.810. The van der Waals surface area contributed by atoms with Crippen LogP contribution in [0.15, 0.2) is 24.3 Å². The van der Waals surface area contributed by atoms with E-state index in [0.717, 1.165) is 0 Å². The Labute approximate surface area is 125 Å². The minimum absolute atomic E-state index is 0.0102. The molecule has 0 bridgehead atoms. The molecule has 0 saturated heterocycles. The average Bonchev–Trinajstić information content (AvgIpc) is 2.36. The van der Waals surface area contributed by atoms with Crippen LogP contribution in [0.25, 0.3) is 0 Å². The highest BCUT2D eigenvalue weighted by atomic mass is 16.5. The third-order valence-corrected chi connectivity index (χ3v) is 2.78. The van der Waals surface area contributed by atoms with Crippen LogP contribution in [-0.4, -0.2) is 29.1 Å². The van der Waals surface area contributed by atoms with Crippen LogP contribution in [0.2, 0.25) is 0 Å². The molecule has 0 saturated carbocycles. The van der Waals surface area contributed by atoms with Gasteiger partial charge in [-0.3, -0.25) is 4.79 Å². The lowest BCUT2D eigenvalue weighted by Crippen LogP contribution is -2.41. The highest BCUT2D eigenvalue weighted by Crippen LogP contribution is 2.15. The number of carboxylic acids is 1. The van der Waals surface area contributed by atoms with Gasteiger partial charge in [0.05, 0.1) is 6.10 Å². The second-order valence-corrected chi connectivity index (χ2v) is 5.69. The summed E-state index contributed by atoms with van der Waals surface area (Å²) in [6.07, 6.45) is 0.402. The summed E-state index contributed by atoms with van der Waals surface area (Å²) in [6, 6.07) is 5.84. The first kappa shape index (κ1) is 17.0. The number of carbonyl (C=O) groups excluding carboxylic acids is 1. The molecule has 1 rings (SSSR count). The number of carbonyl (C=O) groups is 2. The van der Waals surface area contributed by atoms with Crippen LogP contribution < -0.4 is 10.1 Å². The molecule has 1 amide bonds. The zero-order valence-corrected chi connectivity index (χ0v) is 12.9. The summed E-state index contributed by atoms with van der Waals surface area (Å²) < 4.78 is 5.53. The Morgan fingerprint density at radius 2 is 1.90 bits per heavy atom. The van der Waals surface area contributed by atoms with Crippen molar-refractivity contribution in [2.24, 2.45) is 5.92 Å². The number of amides is 1. The molecule has 116 valence electrons. The van der Waals surface area contributed by atoms with Crippen molar-refractivity contribution < 1.29 is 19.4 Å². The van der Waals surface area contributed by atoms with Gasteiger partial charge in [-0.2, -0.15) is 0 Å². The van der Waals surface area contributed by atoms with Crippen LogP contribution in [0.4, 0.5) is 0 Å². The fourth-order valence-corrected chi connectivity index (χ4v) is 1.92. The minimum atomic E-state index is -1.02. The topological polar surface area (TPSA) is 75.6 Å². The van der Waals surface area contributed by atoms with Crippen molar-refractivity contribution in [3.8, 4) is 5.75 Å². The molecule has 0 aliphatic rings. The first-order chi connectivity index (χ1) is 9.79. The zero-order chi connectivity index (χ0) is 16.0. The SMILES string of the molecule is CC(C)C[C@@H](NC(=O)c1cccc(OC(C)C)c1)C(=O)O. The highest BCUT2D eigenvalue weighted by molar-refractivity contribution is 5.96. The second-order valence-electron chi connectivity index (χ2n) is 5.69. The summed E-state index contributed by atoms with van der Waals surface area (Å²) in [6.45, 7) is 7.63. The number of rotatable bonds is 7. The predicted molar refractivity (Wildman–Crippen MR) is 80.6 cm³/mol. The molecular formula is C16H23NO4. The van der Waals surface area contributed by atoms with Crippen molar-refractivity contribution in [2.75, 3.05) is 0 Å². The zero-order valence-electron chi connectivity index (χ0n) is 12.9. The van der Waals surface area contributed by atoms with E-state index in [9.17, 15) is 9.59 Å². The molecule has 0 spiro atoms. The lowest BCUT2D eigenvalue weighted by molar-refractivity contribution is -0.139. The van der Waals surface area contributed by atoms with Crippen molar-refractivity contribution in [2.45, 2.75) is 46.3 Å². The number of aliphatic carboxylic acids is 1. The number of hydrogen-bond donors (Lipinski definition) is 2. The van der Waals surface area contributed by atoms with Crippen molar-refractivity contribution in [1.82, 2.24) is 5.32 Å². The smallest absolute Gasteiger partial charge is 0.326 e. The van der Waals surface area contributed by atoms with Gasteiger partial charge in [0.2, 0.25) is 0 Å². The largest absolute Gasteiger partial charge is 0.491 e. The average molecular weight is 293 g/mol. The van der Waals surface area contributed by atoms with Crippen LogP contribution >= 0.6 is 0 Å². The maximum absolute atomic E-state index is 12.1. The highest BCUT2D eigenvalue weighted by Gasteiger charge is 2.21. The molecule has 5 heteroatoms. The molecular weight excluding hydrogens is 270 g/mol. The summed E-state index contributed by atoms with van der Waals surface area (Å²) in [5, 5.41) is 11.7. The summed E-state index contributed by atoms with van der Waals surface area (Å²) in [7, 11) is 0. The Morgan fingerprint density at radius 1 is 1.24 bits per heavy atom. The number of carboxylic acid groups (broad SMARTS) is 1. The first-order valence-corrected chi connectivity index (χ1v) is 7.10. The monoisotopic (exact) mass is 293 g/mol. The van der Waals surface area contributed by atoms with Gasteiger partial charge in [-0.05, 0) is 44.4 Å². The molecule has 0 heterocycles. The maximum Gasteiger partial charge on any atom is 0.326 e. The van der Waals surface area contributed by atoms with E-state index >= 15 is 0 Å². The van der Waals surface area contributed by atoms with E-state index in [2.05, 4.69) is 5.32 Å². The molecule has 0 fully saturated rings. The molecule has 0 aromatic heterocycles. The molecule has 0 radical (unpaired) electrons. The van der Waals surface area contributed by atoms with Crippen molar-refractivity contribution in [3.05, 3.63) is 29.8 Å². The fourth-order valence-electron chi connectivity index (χ4n) is 1.92. The third kappa shape index (κ3) is 5.85. The van der Waals surface area contributed by atoms with Gasteiger partial charge in [0.1, 0.15) is 11.8 Å². The van der Waals surface area contributed by atoms with Gasteiger partial charge in [0.15, 0.2) is 0 Å². The van der Waals surface area contributed by atoms with E-state index in [1.54, 1.807) is 24.3 Å². The van der Waals surface area contributed by atoms with E-state index in [4.69, 9.17) is 9.84 Å². The molecule has 1 atom stereocenters. The molecule has 1 aromatic rings. The van der Waals surface area contributed by atoms with Crippen LogP contribution in [0, 0.1) is 5.92 Å². The predicted octanol–water partition coefficient (Wildman–Crippen LogP) is 2.70. The standard InChI is InChI=1S/C16H23NO4/c1-10(2)8-14(16(19)20)17-15(18)12-6-5-7-13(9-12)21-11(3)4/h5-7,9-11,14H,8H2,1-4H3,(H,17,18)(H,19,20)/t14-/m1/s1. The van der Waals surface area contributed by atoms with E-state index in [0.29, 0.717) is 17.7 Å². The number of ether oxygens (including phenoxy) is 1. The molecule has 21 heavy (non-hydrogen) atoms. The Balaban J connectivity index is 2.80. The summed E-state index contributed by atoms with van der Waals surface area (Å²) >= 11 is 0. The Kier molecular flexibility index (Phi) is 6.21. The van der Waals surface area contributed by atoms with E-state index in [1.807, 2.05) is 27.7 Å². The molecule has 0 unspecified atom stereocenters. The van der Waals surface area contributed by atoms with Crippen LogP contribution in [0.1, 0.15) is 44.5 Å². The number of hydrogen-bond acceptors (Lipinski definition) is 3. The lowest BCUT2D eigenvalue weighted by Gasteiger charge is -2.17. The molecule has 5 nitrogen and oxygen atoms in total. The third-order valence-electron chi connectivity index (χ3n) is 2.78. The summed E-state index contributed by atoms with van der Waals surface area (Å²) in [5.74, 6) is -0.653. The maximum atomic E-state index is 12.1. The van der Waals surface area contributed by atoms with Crippen molar-refractivity contribution >= 4 is 11.9 Å². The molecule has 2 N–H and O–H groups in total. The Hall–Kier alpha value is -2.04.